The van der Waals surface area contributed by atoms with Crippen molar-refractivity contribution in [3.63, 3.8) is 0 Å². The number of hydrogen-bond donors (Lipinski definition) is 1. The number of aromatic hydroxyl groups is 1. The van der Waals surface area contributed by atoms with E-state index in [9.17, 15) is 25.3 Å². The second-order valence-electron chi connectivity index (χ2n) is 4.54. The van der Waals surface area contributed by atoms with E-state index >= 15 is 0 Å². The van der Waals surface area contributed by atoms with Crippen molar-refractivity contribution in [2.75, 3.05) is 12.1 Å². The Kier molecular flexibility index (Phi) is 4.50. The first-order valence-electron chi connectivity index (χ1n) is 6.38. The highest BCUT2D eigenvalue weighted by atomic mass is 16.6. The van der Waals surface area contributed by atoms with E-state index < -0.39 is 9.85 Å². The minimum Gasteiger partial charge on any atom is -0.507 e. The molecule has 0 saturated heterocycles. The lowest BCUT2D eigenvalue weighted by Crippen LogP contribution is -2.08. The van der Waals surface area contributed by atoms with Crippen LogP contribution in [0.15, 0.2) is 47.6 Å². The molecule has 9 heteroatoms. The van der Waals surface area contributed by atoms with Crippen LogP contribution < -0.4 is 5.01 Å². The molecule has 23 heavy (non-hydrogen) atoms. The zero-order valence-corrected chi connectivity index (χ0v) is 12.0. The molecule has 0 radical (unpaired) electrons. The fraction of sp³-hybridized carbons (Fsp3) is 0.0714. The van der Waals surface area contributed by atoms with Crippen LogP contribution in [0.2, 0.25) is 0 Å². The average molecular weight is 316 g/mol. The van der Waals surface area contributed by atoms with E-state index in [4.69, 9.17) is 0 Å². The van der Waals surface area contributed by atoms with Gasteiger partial charge in [-0.1, -0.05) is 0 Å². The Morgan fingerprint density at radius 1 is 1.04 bits per heavy atom. The summed E-state index contributed by atoms with van der Waals surface area (Å²) in [6.07, 6.45) is 1.27. The fourth-order valence-corrected chi connectivity index (χ4v) is 1.76. The Morgan fingerprint density at radius 2 is 1.61 bits per heavy atom. The quantitative estimate of drug-likeness (QED) is 0.514. The van der Waals surface area contributed by atoms with E-state index in [1.54, 1.807) is 7.05 Å². The van der Waals surface area contributed by atoms with Gasteiger partial charge in [0.05, 0.1) is 21.7 Å². The molecular weight excluding hydrogens is 304 g/mol. The van der Waals surface area contributed by atoms with Crippen LogP contribution >= 0.6 is 0 Å². The van der Waals surface area contributed by atoms with Crippen LogP contribution in [-0.2, 0) is 0 Å². The first-order valence-corrected chi connectivity index (χ1v) is 6.38. The normalized spacial score (nSPS) is 10.7. The minimum absolute atomic E-state index is 0.0394. The van der Waals surface area contributed by atoms with E-state index in [1.807, 2.05) is 0 Å². The van der Waals surface area contributed by atoms with Gasteiger partial charge in [-0.15, -0.1) is 0 Å². The standard InChI is InChI=1S/C14H12N4O5/c1-16(11-2-4-12(5-3-11)17(20)21)15-9-10-8-13(18(22)23)6-7-14(10)19/h2-9,19H,1H3/b15-9-. The predicted octanol–water partition coefficient (Wildman–Crippen LogP) is 2.68. The van der Waals surface area contributed by atoms with Crippen molar-refractivity contribution >= 4 is 23.3 Å². The van der Waals surface area contributed by atoms with Crippen molar-refractivity contribution < 1.29 is 15.0 Å². The summed E-state index contributed by atoms with van der Waals surface area (Å²) >= 11 is 0. The minimum atomic E-state index is -0.573. The van der Waals surface area contributed by atoms with Crippen LogP contribution in [0.5, 0.6) is 5.75 Å². The van der Waals surface area contributed by atoms with Crippen molar-refractivity contribution in [3.05, 3.63) is 68.3 Å². The number of hydrazone groups is 1. The molecule has 0 saturated carbocycles. The van der Waals surface area contributed by atoms with Gasteiger partial charge in [-0.05, 0) is 18.2 Å². The Bertz CT molecular complexity index is 773. The van der Waals surface area contributed by atoms with Gasteiger partial charge < -0.3 is 5.11 Å². The van der Waals surface area contributed by atoms with E-state index in [1.165, 1.54) is 53.7 Å². The van der Waals surface area contributed by atoms with Crippen LogP contribution in [0.3, 0.4) is 0 Å². The zero-order valence-electron chi connectivity index (χ0n) is 12.0. The summed E-state index contributed by atoms with van der Waals surface area (Å²) in [6, 6.07) is 9.31. The molecule has 0 spiro atoms. The maximum atomic E-state index is 10.7. The van der Waals surface area contributed by atoms with Gasteiger partial charge >= 0.3 is 0 Å². The Labute approximate surface area is 130 Å². The highest BCUT2D eigenvalue weighted by Crippen LogP contribution is 2.22. The third-order valence-electron chi connectivity index (χ3n) is 3.03. The van der Waals surface area contributed by atoms with E-state index in [0.717, 1.165) is 0 Å². The molecule has 9 nitrogen and oxygen atoms in total. The van der Waals surface area contributed by atoms with Gasteiger partial charge in [-0.3, -0.25) is 25.2 Å². The van der Waals surface area contributed by atoms with E-state index in [0.29, 0.717) is 5.69 Å². The second kappa shape index (κ2) is 6.52. The number of phenols is 1. The van der Waals surface area contributed by atoms with Crippen LogP contribution in [0, 0.1) is 20.2 Å². The lowest BCUT2D eigenvalue weighted by Gasteiger charge is -2.12. The second-order valence-corrected chi connectivity index (χ2v) is 4.54. The molecule has 0 bridgehead atoms. The summed E-state index contributed by atoms with van der Waals surface area (Å²) in [5.41, 5.74) is 0.564. The largest absolute Gasteiger partial charge is 0.507 e. The molecule has 0 heterocycles. The molecule has 2 aromatic rings. The van der Waals surface area contributed by atoms with E-state index in [-0.39, 0.29) is 22.7 Å². The Balaban J connectivity index is 2.20. The van der Waals surface area contributed by atoms with Gasteiger partial charge in [0.15, 0.2) is 0 Å². The SMILES string of the molecule is CN(/N=C\c1cc([N+](=O)[O-])ccc1O)c1ccc([N+](=O)[O-])cc1. The highest BCUT2D eigenvalue weighted by Gasteiger charge is 2.09. The zero-order chi connectivity index (χ0) is 17.0. The van der Waals surface area contributed by atoms with Crippen LogP contribution in [0.4, 0.5) is 17.1 Å². The maximum absolute atomic E-state index is 10.7. The lowest BCUT2D eigenvalue weighted by atomic mass is 10.2. The summed E-state index contributed by atoms with van der Waals surface area (Å²) in [6.45, 7) is 0. The molecule has 0 aliphatic carbocycles. The van der Waals surface area contributed by atoms with Gasteiger partial charge in [0.2, 0.25) is 0 Å². The maximum Gasteiger partial charge on any atom is 0.270 e. The topological polar surface area (TPSA) is 122 Å². The van der Waals surface area contributed by atoms with Crippen LogP contribution in [0.1, 0.15) is 5.56 Å². The predicted molar refractivity (Wildman–Crippen MR) is 83.9 cm³/mol. The number of rotatable bonds is 5. The molecule has 0 aliphatic rings. The summed E-state index contributed by atoms with van der Waals surface area (Å²) in [4.78, 5) is 20.2. The van der Waals surface area contributed by atoms with Gasteiger partial charge in [-0.2, -0.15) is 5.10 Å². The first-order chi connectivity index (χ1) is 10.9. The van der Waals surface area contributed by atoms with Crippen molar-refractivity contribution in [1.82, 2.24) is 0 Å². The number of non-ortho nitro benzene ring substituents is 2. The first kappa shape index (κ1) is 15.9. The molecule has 118 valence electrons. The smallest absolute Gasteiger partial charge is 0.270 e. The van der Waals surface area contributed by atoms with E-state index in [2.05, 4.69) is 5.10 Å². The lowest BCUT2D eigenvalue weighted by molar-refractivity contribution is -0.385. The third kappa shape index (κ3) is 3.79. The monoisotopic (exact) mass is 316 g/mol. The average Bonchev–Trinajstić information content (AvgIpc) is 2.53. The van der Waals surface area contributed by atoms with Gasteiger partial charge in [-0.25, -0.2) is 0 Å². The Morgan fingerprint density at radius 3 is 2.17 bits per heavy atom. The molecule has 0 unspecified atom stereocenters. The van der Waals surface area contributed by atoms with Crippen molar-refractivity contribution in [3.8, 4) is 5.75 Å². The van der Waals surface area contributed by atoms with Crippen molar-refractivity contribution in [2.45, 2.75) is 0 Å². The van der Waals surface area contributed by atoms with Crippen molar-refractivity contribution in [2.24, 2.45) is 5.10 Å². The summed E-state index contributed by atoms with van der Waals surface area (Å²) < 4.78 is 0. The molecule has 0 aliphatic heterocycles. The summed E-state index contributed by atoms with van der Waals surface area (Å²) in [5, 5.41) is 36.5. The molecule has 0 amide bonds. The molecule has 0 aromatic heterocycles. The number of hydrogen-bond acceptors (Lipinski definition) is 7. The van der Waals surface area contributed by atoms with Gasteiger partial charge in [0, 0.05) is 36.9 Å². The number of nitro groups is 2. The number of nitrogens with zero attached hydrogens (tertiary/aromatic N) is 4. The Hall–Kier alpha value is -3.49. The molecule has 1 N–H and O–H groups in total. The molecule has 2 rings (SSSR count). The molecule has 2 aromatic carbocycles. The number of benzene rings is 2. The molecular formula is C14H12N4O5. The molecule has 0 fully saturated rings. The van der Waals surface area contributed by atoms with Crippen LogP contribution in [-0.4, -0.2) is 28.2 Å². The van der Waals surface area contributed by atoms with Crippen LogP contribution in [0.25, 0.3) is 0 Å². The van der Waals surface area contributed by atoms with Gasteiger partial charge in [0.25, 0.3) is 11.4 Å². The highest BCUT2D eigenvalue weighted by molar-refractivity contribution is 5.85. The fourth-order valence-electron chi connectivity index (χ4n) is 1.76. The third-order valence-corrected chi connectivity index (χ3v) is 3.03. The number of nitro benzene ring substituents is 2. The summed E-state index contributed by atoms with van der Waals surface area (Å²) in [5.74, 6) is -0.142. The van der Waals surface area contributed by atoms with Gasteiger partial charge in [0.1, 0.15) is 5.75 Å². The number of anilines is 1. The summed E-state index contributed by atoms with van der Waals surface area (Å²) in [7, 11) is 1.60. The number of phenolic OH excluding ortho intramolecular Hbond substituents is 1. The van der Waals surface area contributed by atoms with Crippen molar-refractivity contribution in [1.29, 1.82) is 0 Å². The molecule has 0 atom stereocenters.